The first-order valence-electron chi connectivity index (χ1n) is 5.41. The maximum atomic E-state index is 10.9. The maximum Gasteiger partial charge on any atom is 0.304 e. The number of carboxylic acid groups (broad SMARTS) is 1. The van der Waals surface area contributed by atoms with Crippen LogP contribution in [0.2, 0.25) is 0 Å². The zero-order valence-corrected chi connectivity index (χ0v) is 9.24. The van der Waals surface area contributed by atoms with E-state index in [1.807, 2.05) is 24.3 Å². The monoisotopic (exact) mass is 231 g/mol. The van der Waals surface area contributed by atoms with Gasteiger partial charge in [-0.3, -0.25) is 9.78 Å². The van der Waals surface area contributed by atoms with Gasteiger partial charge in [0.1, 0.15) is 5.76 Å². The molecule has 0 aliphatic heterocycles. The van der Waals surface area contributed by atoms with E-state index in [4.69, 9.17) is 9.52 Å². The van der Waals surface area contributed by atoms with E-state index in [1.54, 1.807) is 18.5 Å². The van der Waals surface area contributed by atoms with Crippen molar-refractivity contribution in [1.82, 2.24) is 4.98 Å². The van der Waals surface area contributed by atoms with Crippen molar-refractivity contribution in [2.75, 3.05) is 0 Å². The van der Waals surface area contributed by atoms with Gasteiger partial charge < -0.3 is 9.52 Å². The normalized spacial score (nSPS) is 12.2. The molecule has 88 valence electrons. The molecule has 2 aromatic heterocycles. The lowest BCUT2D eigenvalue weighted by Gasteiger charge is -2.12. The largest absolute Gasteiger partial charge is 0.481 e. The molecule has 1 unspecified atom stereocenters. The van der Waals surface area contributed by atoms with E-state index < -0.39 is 5.97 Å². The molecule has 2 heterocycles. The molecule has 0 aliphatic carbocycles. The van der Waals surface area contributed by atoms with Crippen LogP contribution in [0.3, 0.4) is 0 Å². The Morgan fingerprint density at radius 1 is 1.35 bits per heavy atom. The van der Waals surface area contributed by atoms with E-state index >= 15 is 0 Å². The lowest BCUT2D eigenvalue weighted by molar-refractivity contribution is -0.137. The van der Waals surface area contributed by atoms with Crippen LogP contribution in [0.5, 0.6) is 0 Å². The van der Waals surface area contributed by atoms with Crippen molar-refractivity contribution in [2.24, 2.45) is 0 Å². The van der Waals surface area contributed by atoms with Crippen molar-refractivity contribution in [3.8, 4) is 0 Å². The Morgan fingerprint density at radius 2 is 2.24 bits per heavy atom. The smallest absolute Gasteiger partial charge is 0.304 e. The van der Waals surface area contributed by atoms with E-state index in [0.29, 0.717) is 6.42 Å². The SMILES string of the molecule is O=C(O)CC(Cc1ccco1)c1ccccn1. The summed E-state index contributed by atoms with van der Waals surface area (Å²) in [5, 5.41) is 8.92. The lowest BCUT2D eigenvalue weighted by Crippen LogP contribution is -2.10. The Bertz CT molecular complexity index is 465. The summed E-state index contributed by atoms with van der Waals surface area (Å²) in [4.78, 5) is 15.1. The summed E-state index contributed by atoms with van der Waals surface area (Å²) in [6, 6.07) is 9.16. The average Bonchev–Trinajstić information content (AvgIpc) is 2.82. The Kier molecular flexibility index (Phi) is 3.55. The molecule has 2 rings (SSSR count). The molecule has 0 saturated heterocycles. The highest BCUT2D eigenvalue weighted by Gasteiger charge is 2.18. The van der Waals surface area contributed by atoms with E-state index in [9.17, 15) is 4.79 Å². The van der Waals surface area contributed by atoms with Crippen LogP contribution in [0.25, 0.3) is 0 Å². The Hall–Kier alpha value is -2.10. The number of hydrogen-bond donors (Lipinski definition) is 1. The third-order valence-electron chi connectivity index (χ3n) is 2.55. The summed E-state index contributed by atoms with van der Waals surface area (Å²) in [5.41, 5.74) is 0.784. The van der Waals surface area contributed by atoms with Crippen molar-refractivity contribution in [2.45, 2.75) is 18.8 Å². The van der Waals surface area contributed by atoms with Crippen molar-refractivity contribution in [3.63, 3.8) is 0 Å². The van der Waals surface area contributed by atoms with Gasteiger partial charge in [0.2, 0.25) is 0 Å². The van der Waals surface area contributed by atoms with Gasteiger partial charge in [-0.2, -0.15) is 0 Å². The van der Waals surface area contributed by atoms with Crippen LogP contribution in [0.1, 0.15) is 23.8 Å². The minimum absolute atomic E-state index is 0.0533. The number of hydrogen-bond acceptors (Lipinski definition) is 3. The van der Waals surface area contributed by atoms with Gasteiger partial charge in [-0.25, -0.2) is 0 Å². The first kappa shape index (κ1) is 11.4. The van der Waals surface area contributed by atoms with Crippen molar-refractivity contribution in [3.05, 3.63) is 54.2 Å². The molecular weight excluding hydrogens is 218 g/mol. The molecule has 0 amide bonds. The summed E-state index contributed by atoms with van der Waals surface area (Å²) < 4.78 is 5.25. The molecule has 4 nitrogen and oxygen atoms in total. The Balaban J connectivity index is 2.16. The lowest BCUT2D eigenvalue weighted by atomic mass is 9.95. The highest BCUT2D eigenvalue weighted by Crippen LogP contribution is 2.22. The molecule has 0 saturated carbocycles. The standard InChI is InChI=1S/C13H13NO3/c15-13(16)9-10(8-11-4-3-7-17-11)12-5-1-2-6-14-12/h1-7,10H,8-9H2,(H,15,16). The topological polar surface area (TPSA) is 63.3 Å². The van der Waals surface area contributed by atoms with Crippen molar-refractivity contribution < 1.29 is 14.3 Å². The molecule has 0 radical (unpaired) electrons. The fourth-order valence-electron chi connectivity index (χ4n) is 1.78. The van der Waals surface area contributed by atoms with Gasteiger partial charge >= 0.3 is 5.97 Å². The molecule has 0 aromatic carbocycles. The Labute approximate surface area is 98.9 Å². The molecular formula is C13H13NO3. The van der Waals surface area contributed by atoms with Crippen LogP contribution >= 0.6 is 0 Å². The summed E-state index contributed by atoms with van der Waals surface area (Å²) in [6.07, 6.45) is 3.87. The van der Waals surface area contributed by atoms with Gasteiger partial charge in [-0.05, 0) is 24.3 Å². The van der Waals surface area contributed by atoms with Crippen LogP contribution in [-0.2, 0) is 11.2 Å². The molecule has 4 heteroatoms. The summed E-state index contributed by atoms with van der Waals surface area (Å²) in [5.74, 6) is -0.200. The second-order valence-electron chi connectivity index (χ2n) is 3.83. The van der Waals surface area contributed by atoms with Gasteiger partial charge in [0.15, 0.2) is 0 Å². The molecule has 0 spiro atoms. The number of carbonyl (C=O) groups is 1. The third-order valence-corrected chi connectivity index (χ3v) is 2.55. The predicted molar refractivity (Wildman–Crippen MR) is 61.6 cm³/mol. The van der Waals surface area contributed by atoms with Crippen molar-refractivity contribution in [1.29, 1.82) is 0 Å². The van der Waals surface area contributed by atoms with Crippen LogP contribution in [0.4, 0.5) is 0 Å². The van der Waals surface area contributed by atoms with Crippen LogP contribution in [0, 0.1) is 0 Å². The van der Waals surface area contributed by atoms with Gasteiger partial charge in [-0.1, -0.05) is 6.07 Å². The number of carboxylic acids is 1. The van der Waals surface area contributed by atoms with Gasteiger partial charge in [0.25, 0.3) is 0 Å². The fourth-order valence-corrected chi connectivity index (χ4v) is 1.78. The zero-order valence-electron chi connectivity index (χ0n) is 9.24. The molecule has 0 fully saturated rings. The minimum atomic E-state index is -0.827. The van der Waals surface area contributed by atoms with Gasteiger partial charge in [-0.15, -0.1) is 0 Å². The third kappa shape index (κ3) is 3.17. The van der Waals surface area contributed by atoms with Crippen LogP contribution in [-0.4, -0.2) is 16.1 Å². The second-order valence-corrected chi connectivity index (χ2v) is 3.83. The average molecular weight is 231 g/mol. The molecule has 17 heavy (non-hydrogen) atoms. The van der Waals surface area contributed by atoms with Crippen molar-refractivity contribution >= 4 is 5.97 Å². The molecule has 1 N–H and O–H groups in total. The molecule has 0 bridgehead atoms. The maximum absolute atomic E-state index is 10.9. The quantitative estimate of drug-likeness (QED) is 0.858. The first-order valence-corrected chi connectivity index (χ1v) is 5.41. The highest BCUT2D eigenvalue weighted by atomic mass is 16.4. The summed E-state index contributed by atoms with van der Waals surface area (Å²) >= 11 is 0. The number of rotatable bonds is 5. The number of furan rings is 1. The zero-order chi connectivity index (χ0) is 12.1. The molecule has 1 atom stereocenters. The molecule has 2 aromatic rings. The predicted octanol–water partition coefficient (Wildman–Crippen LogP) is 2.48. The number of aromatic nitrogens is 1. The van der Waals surface area contributed by atoms with Crippen LogP contribution in [0.15, 0.2) is 47.2 Å². The van der Waals surface area contributed by atoms with Gasteiger partial charge in [0, 0.05) is 24.2 Å². The van der Waals surface area contributed by atoms with E-state index in [-0.39, 0.29) is 12.3 Å². The number of nitrogens with zero attached hydrogens (tertiary/aromatic N) is 1. The first-order chi connectivity index (χ1) is 8.25. The number of pyridine rings is 1. The number of aliphatic carboxylic acids is 1. The second kappa shape index (κ2) is 5.30. The fraction of sp³-hybridized carbons (Fsp3) is 0.231. The highest BCUT2D eigenvalue weighted by molar-refractivity contribution is 5.68. The van der Waals surface area contributed by atoms with Crippen LogP contribution < -0.4 is 0 Å². The minimum Gasteiger partial charge on any atom is -0.481 e. The molecule has 0 aliphatic rings. The van der Waals surface area contributed by atoms with E-state index in [1.165, 1.54) is 0 Å². The summed E-state index contributed by atoms with van der Waals surface area (Å²) in [6.45, 7) is 0. The summed E-state index contributed by atoms with van der Waals surface area (Å²) in [7, 11) is 0. The Morgan fingerprint density at radius 3 is 2.82 bits per heavy atom. The van der Waals surface area contributed by atoms with E-state index in [2.05, 4.69) is 4.98 Å². The van der Waals surface area contributed by atoms with Gasteiger partial charge in [0.05, 0.1) is 12.7 Å². The van der Waals surface area contributed by atoms with E-state index in [0.717, 1.165) is 11.5 Å².